The molecule has 120 valence electrons. The molecule has 0 spiro atoms. The lowest BCUT2D eigenvalue weighted by atomic mass is 10.1. The number of rotatable bonds is 4. The van der Waals surface area contributed by atoms with E-state index in [1.165, 1.54) is 4.88 Å². The summed E-state index contributed by atoms with van der Waals surface area (Å²) >= 11 is 1.61. The summed E-state index contributed by atoms with van der Waals surface area (Å²) in [5, 5.41) is 8.19. The predicted molar refractivity (Wildman–Crippen MR) is 87.3 cm³/mol. The van der Waals surface area contributed by atoms with Crippen LogP contribution in [0.15, 0.2) is 5.38 Å². The molecule has 0 radical (unpaired) electrons. The van der Waals surface area contributed by atoms with Crippen molar-refractivity contribution in [3.8, 4) is 0 Å². The third-order valence-electron chi connectivity index (χ3n) is 4.42. The third-order valence-corrected chi connectivity index (χ3v) is 5.37. The monoisotopic (exact) mass is 321 g/mol. The molecule has 6 heteroatoms. The van der Waals surface area contributed by atoms with E-state index in [4.69, 9.17) is 0 Å². The van der Waals surface area contributed by atoms with Crippen LogP contribution in [-0.2, 0) is 11.2 Å². The molecule has 1 atom stereocenters. The molecule has 2 heterocycles. The van der Waals surface area contributed by atoms with E-state index in [2.05, 4.69) is 24.5 Å². The van der Waals surface area contributed by atoms with Crippen LogP contribution in [0.5, 0.6) is 0 Å². The summed E-state index contributed by atoms with van der Waals surface area (Å²) in [4.78, 5) is 28.3. The fraction of sp³-hybridized carbons (Fsp3) is 0.625. The normalized spacial score (nSPS) is 21.7. The molecule has 5 nitrogen and oxygen atoms in total. The van der Waals surface area contributed by atoms with Crippen molar-refractivity contribution in [2.45, 2.75) is 45.2 Å². The number of carbonyl (C=O) groups excluding carboxylic acids is 2. The van der Waals surface area contributed by atoms with E-state index in [0.29, 0.717) is 19.1 Å². The second-order valence-corrected chi connectivity index (χ2v) is 7.12. The smallest absolute Gasteiger partial charge is 0.255 e. The molecule has 0 aromatic carbocycles. The Morgan fingerprint density at radius 1 is 1.45 bits per heavy atom. The molecule has 1 aliphatic heterocycles. The molecule has 2 amide bonds. The highest BCUT2D eigenvalue weighted by Gasteiger charge is 2.36. The minimum atomic E-state index is -0.397. The van der Waals surface area contributed by atoms with Gasteiger partial charge in [0.05, 0.1) is 5.56 Å². The molecule has 2 fully saturated rings. The number of nitrogens with zero attached hydrogens (tertiary/aromatic N) is 1. The number of hydrogen-bond donors (Lipinski definition) is 2. The first-order chi connectivity index (χ1) is 10.6. The number of aryl methyl sites for hydroxylation is 1. The zero-order valence-electron chi connectivity index (χ0n) is 13.1. The molecule has 1 aromatic heterocycles. The van der Waals surface area contributed by atoms with Crippen molar-refractivity contribution in [3.05, 3.63) is 21.4 Å². The first-order valence-electron chi connectivity index (χ1n) is 8.00. The van der Waals surface area contributed by atoms with Crippen molar-refractivity contribution >= 4 is 23.2 Å². The molecule has 0 bridgehead atoms. The van der Waals surface area contributed by atoms with E-state index in [1.54, 1.807) is 16.2 Å². The zero-order valence-corrected chi connectivity index (χ0v) is 14.0. The van der Waals surface area contributed by atoms with Crippen LogP contribution < -0.4 is 10.6 Å². The van der Waals surface area contributed by atoms with E-state index in [9.17, 15) is 9.59 Å². The molecule has 2 aliphatic rings. The molecule has 1 saturated carbocycles. The highest BCUT2D eigenvalue weighted by Crippen LogP contribution is 2.25. The van der Waals surface area contributed by atoms with Gasteiger partial charge in [-0.05, 0) is 31.7 Å². The Hall–Kier alpha value is -1.40. The molecular weight excluding hydrogens is 298 g/mol. The van der Waals surface area contributed by atoms with E-state index in [0.717, 1.165) is 36.9 Å². The highest BCUT2D eigenvalue weighted by molar-refractivity contribution is 7.10. The summed E-state index contributed by atoms with van der Waals surface area (Å²) < 4.78 is 0. The number of amides is 2. The minimum absolute atomic E-state index is 0.00125. The Balaban J connectivity index is 1.79. The van der Waals surface area contributed by atoms with Crippen LogP contribution in [0.4, 0.5) is 0 Å². The average molecular weight is 321 g/mol. The van der Waals surface area contributed by atoms with Gasteiger partial charge in [0.1, 0.15) is 6.04 Å². The Bertz CT molecular complexity index is 580. The van der Waals surface area contributed by atoms with E-state index >= 15 is 0 Å². The van der Waals surface area contributed by atoms with Crippen molar-refractivity contribution in [1.82, 2.24) is 15.5 Å². The Morgan fingerprint density at radius 3 is 2.91 bits per heavy atom. The van der Waals surface area contributed by atoms with Crippen molar-refractivity contribution in [3.63, 3.8) is 0 Å². The summed E-state index contributed by atoms with van der Waals surface area (Å²) in [6.07, 6.45) is 2.97. The fourth-order valence-corrected chi connectivity index (χ4v) is 3.89. The van der Waals surface area contributed by atoms with Gasteiger partial charge in [0.25, 0.3) is 5.91 Å². The van der Waals surface area contributed by atoms with Crippen LogP contribution in [0.25, 0.3) is 0 Å². The van der Waals surface area contributed by atoms with Gasteiger partial charge >= 0.3 is 0 Å². The van der Waals surface area contributed by atoms with E-state index in [-0.39, 0.29) is 11.8 Å². The van der Waals surface area contributed by atoms with Crippen LogP contribution in [0.1, 0.15) is 40.6 Å². The summed E-state index contributed by atoms with van der Waals surface area (Å²) in [7, 11) is 0. The van der Waals surface area contributed by atoms with Gasteiger partial charge in [0.2, 0.25) is 5.91 Å². The van der Waals surface area contributed by atoms with Crippen molar-refractivity contribution in [1.29, 1.82) is 0 Å². The van der Waals surface area contributed by atoms with Gasteiger partial charge in [-0.15, -0.1) is 11.3 Å². The molecule has 22 heavy (non-hydrogen) atoms. The standard InChI is InChI=1S/C16H23N3O2S/c1-3-12-10(2)22-9-13(12)16(21)19-7-6-17-8-14(19)15(20)18-11-4-5-11/h9,11,14,17H,3-8H2,1-2H3,(H,18,20)/t14-/m0/s1. The van der Waals surface area contributed by atoms with Crippen molar-refractivity contribution in [2.75, 3.05) is 19.6 Å². The van der Waals surface area contributed by atoms with Gasteiger partial charge in [-0.25, -0.2) is 0 Å². The van der Waals surface area contributed by atoms with Crippen LogP contribution in [0.2, 0.25) is 0 Å². The quantitative estimate of drug-likeness (QED) is 0.879. The maximum atomic E-state index is 12.9. The van der Waals surface area contributed by atoms with E-state index < -0.39 is 6.04 Å². The lowest BCUT2D eigenvalue weighted by Crippen LogP contribution is -2.59. The van der Waals surface area contributed by atoms with Gasteiger partial charge in [-0.3, -0.25) is 9.59 Å². The SMILES string of the molecule is CCc1c(C(=O)N2CCNC[C@H]2C(=O)NC2CC2)csc1C. The van der Waals surface area contributed by atoms with Gasteiger partial charge in [-0.2, -0.15) is 0 Å². The molecule has 1 aliphatic carbocycles. The number of carbonyl (C=O) groups is 2. The first-order valence-corrected chi connectivity index (χ1v) is 8.88. The first kappa shape index (κ1) is 15.5. The summed E-state index contributed by atoms with van der Waals surface area (Å²) in [6.45, 7) is 5.98. The second-order valence-electron chi connectivity index (χ2n) is 6.04. The maximum Gasteiger partial charge on any atom is 0.255 e. The molecule has 1 aromatic rings. The van der Waals surface area contributed by atoms with Gasteiger partial charge in [-0.1, -0.05) is 6.92 Å². The van der Waals surface area contributed by atoms with Gasteiger partial charge in [0.15, 0.2) is 0 Å². The Kier molecular flexibility index (Phi) is 4.49. The number of nitrogens with one attached hydrogen (secondary N) is 2. The molecule has 0 unspecified atom stereocenters. The lowest BCUT2D eigenvalue weighted by Gasteiger charge is -2.35. The summed E-state index contributed by atoms with van der Waals surface area (Å²) in [6, 6.07) is -0.0762. The summed E-state index contributed by atoms with van der Waals surface area (Å²) in [5.41, 5.74) is 1.89. The Labute approximate surface area is 135 Å². The number of thiophene rings is 1. The highest BCUT2D eigenvalue weighted by atomic mass is 32.1. The van der Waals surface area contributed by atoms with Crippen molar-refractivity contribution < 1.29 is 9.59 Å². The van der Waals surface area contributed by atoms with Crippen LogP contribution in [-0.4, -0.2) is 48.4 Å². The Morgan fingerprint density at radius 2 is 2.23 bits per heavy atom. The van der Waals surface area contributed by atoms with Crippen LogP contribution in [0.3, 0.4) is 0 Å². The summed E-state index contributed by atoms with van der Waals surface area (Å²) in [5.74, 6) is -0.0216. The largest absolute Gasteiger partial charge is 0.352 e. The topological polar surface area (TPSA) is 61.4 Å². The maximum absolute atomic E-state index is 12.9. The predicted octanol–water partition coefficient (Wildman–Crippen LogP) is 1.31. The molecule has 1 saturated heterocycles. The third kappa shape index (κ3) is 3.03. The molecule has 2 N–H and O–H groups in total. The fourth-order valence-electron chi connectivity index (χ4n) is 2.96. The van der Waals surface area contributed by atoms with Crippen LogP contribution in [0, 0.1) is 6.92 Å². The zero-order chi connectivity index (χ0) is 15.7. The second kappa shape index (κ2) is 6.38. The minimum Gasteiger partial charge on any atom is -0.352 e. The molecule has 3 rings (SSSR count). The van der Waals surface area contributed by atoms with Crippen LogP contribution >= 0.6 is 11.3 Å². The van der Waals surface area contributed by atoms with Gasteiger partial charge in [0, 0.05) is 35.9 Å². The number of hydrogen-bond acceptors (Lipinski definition) is 4. The average Bonchev–Trinajstić information content (AvgIpc) is 3.26. The lowest BCUT2D eigenvalue weighted by molar-refractivity contribution is -0.126. The van der Waals surface area contributed by atoms with Crippen molar-refractivity contribution in [2.24, 2.45) is 0 Å². The molecular formula is C16H23N3O2S. The van der Waals surface area contributed by atoms with Gasteiger partial charge < -0.3 is 15.5 Å². The number of piperazine rings is 1. The van der Waals surface area contributed by atoms with E-state index in [1.807, 2.05) is 5.38 Å².